The Morgan fingerprint density at radius 2 is 1.94 bits per heavy atom. The molecule has 0 aromatic heterocycles. The molecule has 4 rings (SSSR count). The van der Waals surface area contributed by atoms with Gasteiger partial charge in [-0.25, -0.2) is 4.79 Å². The molecule has 2 aliphatic rings. The Balaban J connectivity index is 1.45. The lowest BCUT2D eigenvalue weighted by Gasteiger charge is -2.28. The molecule has 164 valence electrons. The smallest absolute Gasteiger partial charge is 0.321 e. The fraction of sp³-hybridized carbons (Fsp3) is 0.391. The molecular formula is C23H27N3O5. The van der Waals surface area contributed by atoms with Gasteiger partial charge in [-0.05, 0) is 48.7 Å². The van der Waals surface area contributed by atoms with E-state index in [1.54, 1.807) is 42.2 Å². The summed E-state index contributed by atoms with van der Waals surface area (Å²) < 4.78 is 16.6. The molecule has 3 amide bonds. The van der Waals surface area contributed by atoms with E-state index in [0.717, 1.165) is 24.2 Å². The first-order valence-corrected chi connectivity index (χ1v) is 10.4. The molecule has 2 aromatic rings. The number of hydrogen-bond acceptors (Lipinski definition) is 5. The standard InChI is InChI=1S/C23H27N3O5/c1-25(15-16-6-8-20-21(13-16)31-12-11-30-20)23(28)24-17-7-9-19(29-2)18(14-17)26-10-4-3-5-22(26)27/h6-9,13-14H,3-5,10-12,15H2,1-2H3,(H,24,28). The maximum absolute atomic E-state index is 12.8. The van der Waals surface area contributed by atoms with Gasteiger partial charge in [-0.3, -0.25) is 4.79 Å². The van der Waals surface area contributed by atoms with Gasteiger partial charge in [0.05, 0.1) is 12.8 Å². The number of carbonyl (C=O) groups excluding carboxylic acids is 2. The van der Waals surface area contributed by atoms with Gasteiger partial charge in [0.2, 0.25) is 5.91 Å². The van der Waals surface area contributed by atoms with Gasteiger partial charge in [0, 0.05) is 32.2 Å². The number of fused-ring (bicyclic) bond motifs is 1. The Morgan fingerprint density at radius 3 is 2.71 bits per heavy atom. The van der Waals surface area contributed by atoms with Crippen molar-refractivity contribution >= 4 is 23.3 Å². The summed E-state index contributed by atoms with van der Waals surface area (Å²) in [4.78, 5) is 28.4. The second-order valence-corrected chi connectivity index (χ2v) is 7.65. The fourth-order valence-electron chi connectivity index (χ4n) is 3.79. The second-order valence-electron chi connectivity index (χ2n) is 7.65. The number of amides is 3. The van der Waals surface area contributed by atoms with Crippen molar-refractivity contribution in [2.45, 2.75) is 25.8 Å². The molecule has 1 N–H and O–H groups in total. The summed E-state index contributed by atoms with van der Waals surface area (Å²) in [5, 5.41) is 2.91. The van der Waals surface area contributed by atoms with Crippen molar-refractivity contribution in [3.05, 3.63) is 42.0 Å². The number of methoxy groups -OCH3 is 1. The number of piperidine rings is 1. The Kier molecular flexibility index (Phi) is 6.16. The Bertz CT molecular complexity index is 978. The Morgan fingerprint density at radius 1 is 1.13 bits per heavy atom. The third kappa shape index (κ3) is 4.68. The van der Waals surface area contributed by atoms with Gasteiger partial charge in [0.1, 0.15) is 19.0 Å². The first kappa shape index (κ1) is 20.8. The van der Waals surface area contributed by atoms with Crippen LogP contribution in [0.4, 0.5) is 16.2 Å². The number of nitrogens with one attached hydrogen (secondary N) is 1. The van der Waals surface area contributed by atoms with Crippen molar-refractivity contribution in [2.24, 2.45) is 0 Å². The lowest BCUT2D eigenvalue weighted by atomic mass is 10.1. The Hall–Kier alpha value is -3.42. The molecular weight excluding hydrogens is 398 g/mol. The summed E-state index contributed by atoms with van der Waals surface area (Å²) in [6.45, 7) is 2.13. The highest BCUT2D eigenvalue weighted by Gasteiger charge is 2.23. The molecule has 0 aliphatic carbocycles. The van der Waals surface area contributed by atoms with Crippen molar-refractivity contribution in [3.8, 4) is 17.2 Å². The quantitative estimate of drug-likeness (QED) is 0.791. The normalized spacial score (nSPS) is 15.4. The van der Waals surface area contributed by atoms with E-state index in [0.29, 0.717) is 55.6 Å². The summed E-state index contributed by atoms with van der Waals surface area (Å²) in [5.74, 6) is 2.10. The zero-order valence-corrected chi connectivity index (χ0v) is 17.8. The van der Waals surface area contributed by atoms with Gasteiger partial charge >= 0.3 is 6.03 Å². The summed E-state index contributed by atoms with van der Waals surface area (Å²) in [5.41, 5.74) is 2.23. The van der Waals surface area contributed by atoms with E-state index in [2.05, 4.69) is 5.32 Å². The van der Waals surface area contributed by atoms with E-state index in [1.807, 2.05) is 18.2 Å². The first-order chi connectivity index (χ1) is 15.0. The molecule has 0 unspecified atom stereocenters. The van der Waals surface area contributed by atoms with Crippen LogP contribution in [0.25, 0.3) is 0 Å². The molecule has 1 fully saturated rings. The molecule has 8 nitrogen and oxygen atoms in total. The van der Waals surface area contributed by atoms with Crippen LogP contribution < -0.4 is 24.4 Å². The number of ether oxygens (including phenoxy) is 3. The number of carbonyl (C=O) groups is 2. The van der Waals surface area contributed by atoms with Gasteiger partial charge in [0.15, 0.2) is 11.5 Å². The molecule has 31 heavy (non-hydrogen) atoms. The summed E-state index contributed by atoms with van der Waals surface area (Å²) in [6.07, 6.45) is 2.38. The first-order valence-electron chi connectivity index (χ1n) is 10.4. The van der Waals surface area contributed by atoms with Crippen LogP contribution in [-0.2, 0) is 11.3 Å². The highest BCUT2D eigenvalue weighted by Crippen LogP contribution is 2.34. The summed E-state index contributed by atoms with van der Waals surface area (Å²) >= 11 is 0. The predicted molar refractivity (Wildman–Crippen MR) is 117 cm³/mol. The van der Waals surface area contributed by atoms with E-state index < -0.39 is 0 Å². The number of anilines is 2. The zero-order valence-electron chi connectivity index (χ0n) is 17.8. The van der Waals surface area contributed by atoms with Gasteiger partial charge in [-0.1, -0.05) is 6.07 Å². The van der Waals surface area contributed by atoms with Crippen LogP contribution in [-0.4, -0.2) is 50.8 Å². The largest absolute Gasteiger partial charge is 0.495 e. The van der Waals surface area contributed by atoms with Gasteiger partial charge < -0.3 is 29.3 Å². The predicted octanol–water partition coefficient (Wildman–Crippen LogP) is 3.65. The minimum Gasteiger partial charge on any atom is -0.495 e. The van der Waals surface area contributed by atoms with E-state index in [4.69, 9.17) is 14.2 Å². The maximum Gasteiger partial charge on any atom is 0.321 e. The monoisotopic (exact) mass is 425 g/mol. The minimum absolute atomic E-state index is 0.0729. The van der Waals surface area contributed by atoms with Crippen molar-refractivity contribution in [3.63, 3.8) is 0 Å². The fourth-order valence-corrected chi connectivity index (χ4v) is 3.79. The van der Waals surface area contributed by atoms with Crippen LogP contribution in [0.2, 0.25) is 0 Å². The molecule has 0 atom stereocenters. The van der Waals surface area contributed by atoms with Crippen LogP contribution in [0.1, 0.15) is 24.8 Å². The van der Waals surface area contributed by atoms with Crippen LogP contribution in [0, 0.1) is 0 Å². The van der Waals surface area contributed by atoms with Crippen LogP contribution in [0.5, 0.6) is 17.2 Å². The van der Waals surface area contributed by atoms with Crippen molar-refractivity contribution < 1.29 is 23.8 Å². The number of benzene rings is 2. The average Bonchev–Trinajstić information content (AvgIpc) is 2.79. The molecule has 8 heteroatoms. The number of nitrogens with zero attached hydrogens (tertiary/aromatic N) is 2. The number of urea groups is 1. The van der Waals surface area contributed by atoms with Crippen molar-refractivity contribution in [1.82, 2.24) is 4.90 Å². The lowest BCUT2D eigenvalue weighted by molar-refractivity contribution is -0.119. The van der Waals surface area contributed by atoms with E-state index in [-0.39, 0.29) is 11.9 Å². The molecule has 0 bridgehead atoms. The minimum atomic E-state index is -0.254. The molecule has 2 aromatic carbocycles. The molecule has 0 saturated carbocycles. The second kappa shape index (κ2) is 9.16. The van der Waals surface area contributed by atoms with Crippen LogP contribution >= 0.6 is 0 Å². The van der Waals surface area contributed by atoms with Gasteiger partial charge in [-0.2, -0.15) is 0 Å². The highest BCUT2D eigenvalue weighted by molar-refractivity contribution is 5.97. The SMILES string of the molecule is COc1ccc(NC(=O)N(C)Cc2ccc3c(c2)OCCO3)cc1N1CCCCC1=O. The van der Waals surface area contributed by atoms with E-state index >= 15 is 0 Å². The molecule has 0 spiro atoms. The summed E-state index contributed by atoms with van der Waals surface area (Å²) in [7, 11) is 3.30. The third-order valence-corrected chi connectivity index (χ3v) is 5.42. The highest BCUT2D eigenvalue weighted by atomic mass is 16.6. The average molecular weight is 425 g/mol. The molecule has 1 saturated heterocycles. The zero-order chi connectivity index (χ0) is 21.8. The van der Waals surface area contributed by atoms with E-state index in [1.165, 1.54) is 0 Å². The number of rotatable bonds is 5. The van der Waals surface area contributed by atoms with Crippen LogP contribution in [0.15, 0.2) is 36.4 Å². The lowest BCUT2D eigenvalue weighted by Crippen LogP contribution is -2.35. The summed E-state index contributed by atoms with van der Waals surface area (Å²) in [6, 6.07) is 10.8. The molecule has 0 radical (unpaired) electrons. The topological polar surface area (TPSA) is 80.3 Å². The Labute approximate surface area is 181 Å². The van der Waals surface area contributed by atoms with Gasteiger partial charge in [0.25, 0.3) is 0 Å². The maximum atomic E-state index is 12.8. The van der Waals surface area contributed by atoms with Crippen molar-refractivity contribution in [2.75, 3.05) is 44.1 Å². The third-order valence-electron chi connectivity index (χ3n) is 5.42. The van der Waals surface area contributed by atoms with Crippen molar-refractivity contribution in [1.29, 1.82) is 0 Å². The number of hydrogen-bond donors (Lipinski definition) is 1. The molecule has 2 aliphatic heterocycles. The van der Waals surface area contributed by atoms with Crippen LogP contribution in [0.3, 0.4) is 0 Å². The van der Waals surface area contributed by atoms with E-state index in [9.17, 15) is 9.59 Å². The molecule has 2 heterocycles. The van der Waals surface area contributed by atoms with Gasteiger partial charge in [-0.15, -0.1) is 0 Å².